The lowest BCUT2D eigenvalue weighted by atomic mass is 10.1. The largest absolute Gasteiger partial charge is 0.461 e. The van der Waals surface area contributed by atoms with Crippen LogP contribution >= 0.6 is 22.9 Å². The second kappa shape index (κ2) is 7.45. The summed E-state index contributed by atoms with van der Waals surface area (Å²) in [4.78, 5) is 21.4. The van der Waals surface area contributed by atoms with Gasteiger partial charge in [0.25, 0.3) is 5.91 Å². The summed E-state index contributed by atoms with van der Waals surface area (Å²) in [6, 6.07) is 9.18. The van der Waals surface area contributed by atoms with Crippen LogP contribution in [0.3, 0.4) is 0 Å². The first kappa shape index (κ1) is 18.2. The van der Waals surface area contributed by atoms with Gasteiger partial charge >= 0.3 is 6.01 Å². The van der Waals surface area contributed by atoms with Gasteiger partial charge in [-0.15, -0.1) is 11.3 Å². The molecule has 0 aliphatic carbocycles. The molecule has 10 heteroatoms. The number of rotatable bonds is 6. The summed E-state index contributed by atoms with van der Waals surface area (Å²) >= 11 is 7.24. The molecule has 0 aliphatic heterocycles. The molecule has 1 aromatic carbocycles. The molecule has 0 bridgehead atoms. The molecule has 0 atom stereocenters. The fourth-order valence-electron chi connectivity index (χ4n) is 2.76. The molecule has 0 radical (unpaired) electrons. The molecule has 0 saturated heterocycles. The summed E-state index contributed by atoms with van der Waals surface area (Å²) in [5.41, 5.74) is 13.1. The number of hydrogen-bond donors (Lipinski definition) is 2. The number of amides is 1. The third-order valence-corrected chi connectivity index (χ3v) is 5.35. The lowest BCUT2D eigenvalue weighted by Crippen LogP contribution is -2.11. The van der Waals surface area contributed by atoms with Crippen LogP contribution in [0.2, 0.25) is 5.02 Å². The molecular weight excluding hydrogens is 400 g/mol. The van der Waals surface area contributed by atoms with E-state index in [1.54, 1.807) is 29.1 Å². The highest BCUT2D eigenvalue weighted by Gasteiger charge is 2.21. The van der Waals surface area contributed by atoms with Crippen LogP contribution in [0.25, 0.3) is 21.5 Å². The van der Waals surface area contributed by atoms with Crippen molar-refractivity contribution in [2.24, 2.45) is 5.73 Å². The van der Waals surface area contributed by atoms with Gasteiger partial charge in [0.05, 0.1) is 23.3 Å². The van der Waals surface area contributed by atoms with E-state index in [-0.39, 0.29) is 16.6 Å². The topological polar surface area (TPSA) is 122 Å². The Kier molecular flexibility index (Phi) is 4.84. The number of nitrogen functional groups attached to an aromatic ring is 1. The van der Waals surface area contributed by atoms with E-state index in [1.807, 2.05) is 18.3 Å². The predicted molar refractivity (Wildman–Crippen MR) is 109 cm³/mol. The number of nitrogens with zero attached hydrogens (tertiary/aromatic N) is 4. The van der Waals surface area contributed by atoms with Crippen LogP contribution in [0.4, 0.5) is 5.69 Å². The Morgan fingerprint density at radius 3 is 2.86 bits per heavy atom. The standard InChI is InChI=1S/C18H15ClN6O2S/c19-11-4-1-3-10(9-11)14-12-13(20)15(16(21)26)28-17(12)24-18(23-14)27-8-7-25-6-2-5-22-25/h1-6,9H,7-8,20H2,(H2,21,26). The number of carbonyl (C=O) groups is 1. The minimum absolute atomic E-state index is 0.173. The molecule has 0 fully saturated rings. The Bertz CT molecular complexity index is 1160. The van der Waals surface area contributed by atoms with Crippen molar-refractivity contribution < 1.29 is 9.53 Å². The van der Waals surface area contributed by atoms with E-state index in [0.717, 1.165) is 16.9 Å². The molecule has 0 spiro atoms. The molecule has 28 heavy (non-hydrogen) atoms. The van der Waals surface area contributed by atoms with Crippen molar-refractivity contribution in [3.63, 3.8) is 0 Å². The van der Waals surface area contributed by atoms with E-state index >= 15 is 0 Å². The fourth-order valence-corrected chi connectivity index (χ4v) is 3.89. The molecule has 0 aliphatic rings. The quantitative estimate of drug-likeness (QED) is 0.500. The maximum absolute atomic E-state index is 11.7. The van der Waals surface area contributed by atoms with Crippen molar-refractivity contribution in [3.8, 4) is 17.3 Å². The van der Waals surface area contributed by atoms with Gasteiger partial charge in [-0.05, 0) is 18.2 Å². The zero-order valence-electron chi connectivity index (χ0n) is 14.5. The number of anilines is 1. The van der Waals surface area contributed by atoms with Gasteiger partial charge in [0, 0.05) is 23.0 Å². The van der Waals surface area contributed by atoms with Crippen molar-refractivity contribution in [2.75, 3.05) is 12.3 Å². The van der Waals surface area contributed by atoms with Gasteiger partial charge in [-0.1, -0.05) is 23.7 Å². The molecule has 0 unspecified atom stereocenters. The number of ether oxygens (including phenoxy) is 1. The Morgan fingerprint density at radius 1 is 1.29 bits per heavy atom. The number of fused-ring (bicyclic) bond motifs is 1. The maximum Gasteiger partial charge on any atom is 0.318 e. The van der Waals surface area contributed by atoms with Crippen molar-refractivity contribution >= 4 is 44.7 Å². The van der Waals surface area contributed by atoms with Crippen molar-refractivity contribution in [3.05, 3.63) is 52.6 Å². The third-order valence-electron chi connectivity index (χ3n) is 4.00. The Balaban J connectivity index is 1.78. The molecule has 0 saturated carbocycles. The molecule has 3 aromatic heterocycles. The van der Waals surface area contributed by atoms with Crippen LogP contribution in [0.1, 0.15) is 9.67 Å². The number of benzene rings is 1. The molecule has 4 N–H and O–H groups in total. The van der Waals surface area contributed by atoms with Gasteiger partial charge in [0.15, 0.2) is 0 Å². The highest BCUT2D eigenvalue weighted by molar-refractivity contribution is 7.21. The van der Waals surface area contributed by atoms with E-state index in [2.05, 4.69) is 15.1 Å². The summed E-state index contributed by atoms with van der Waals surface area (Å²) in [7, 11) is 0. The fraction of sp³-hybridized carbons (Fsp3) is 0.111. The summed E-state index contributed by atoms with van der Waals surface area (Å²) in [6.07, 6.45) is 3.53. The van der Waals surface area contributed by atoms with E-state index in [4.69, 9.17) is 27.8 Å². The molecule has 4 rings (SSSR count). The highest BCUT2D eigenvalue weighted by atomic mass is 35.5. The molecule has 142 valence electrons. The van der Waals surface area contributed by atoms with E-state index in [0.29, 0.717) is 34.1 Å². The number of carbonyl (C=O) groups excluding carboxylic acids is 1. The molecular formula is C18H15ClN6O2S. The average Bonchev–Trinajstić information content (AvgIpc) is 3.29. The molecule has 8 nitrogen and oxygen atoms in total. The number of aromatic nitrogens is 4. The van der Waals surface area contributed by atoms with E-state index in [9.17, 15) is 4.79 Å². The first-order valence-corrected chi connectivity index (χ1v) is 9.48. The van der Waals surface area contributed by atoms with Crippen molar-refractivity contribution in [2.45, 2.75) is 6.54 Å². The van der Waals surface area contributed by atoms with Crippen molar-refractivity contribution in [1.29, 1.82) is 0 Å². The van der Waals surface area contributed by atoms with Gasteiger partial charge in [-0.2, -0.15) is 15.1 Å². The van der Waals surface area contributed by atoms with Crippen LogP contribution < -0.4 is 16.2 Å². The Labute approximate surface area is 168 Å². The van der Waals surface area contributed by atoms with Crippen LogP contribution in [0, 0.1) is 0 Å². The second-order valence-electron chi connectivity index (χ2n) is 5.87. The second-order valence-corrected chi connectivity index (χ2v) is 7.31. The van der Waals surface area contributed by atoms with Crippen LogP contribution in [-0.4, -0.2) is 32.3 Å². The normalized spacial score (nSPS) is 11.0. The Hall–Kier alpha value is -3.17. The van der Waals surface area contributed by atoms with Gasteiger partial charge in [0.2, 0.25) is 0 Å². The summed E-state index contributed by atoms with van der Waals surface area (Å²) < 4.78 is 7.46. The molecule has 3 heterocycles. The predicted octanol–water partition coefficient (Wildman–Crippen LogP) is 2.97. The Morgan fingerprint density at radius 2 is 2.14 bits per heavy atom. The number of thiophene rings is 1. The zero-order chi connectivity index (χ0) is 19.7. The number of nitrogens with two attached hydrogens (primary N) is 2. The third kappa shape index (κ3) is 3.49. The monoisotopic (exact) mass is 414 g/mol. The van der Waals surface area contributed by atoms with Crippen LogP contribution in [0.5, 0.6) is 6.01 Å². The number of hydrogen-bond acceptors (Lipinski definition) is 7. The smallest absolute Gasteiger partial charge is 0.318 e. The number of primary amides is 1. The van der Waals surface area contributed by atoms with E-state index in [1.165, 1.54) is 0 Å². The van der Waals surface area contributed by atoms with Gasteiger partial charge in [-0.3, -0.25) is 9.48 Å². The van der Waals surface area contributed by atoms with Crippen molar-refractivity contribution in [1.82, 2.24) is 19.7 Å². The summed E-state index contributed by atoms with van der Waals surface area (Å²) in [5.74, 6) is -0.612. The van der Waals surface area contributed by atoms with Gasteiger partial charge in [0.1, 0.15) is 16.3 Å². The van der Waals surface area contributed by atoms with Crippen LogP contribution in [0.15, 0.2) is 42.7 Å². The molecule has 4 aromatic rings. The highest BCUT2D eigenvalue weighted by Crippen LogP contribution is 2.39. The maximum atomic E-state index is 11.7. The summed E-state index contributed by atoms with van der Waals surface area (Å²) in [5, 5.41) is 5.23. The lowest BCUT2D eigenvalue weighted by molar-refractivity contribution is 0.100. The van der Waals surface area contributed by atoms with Crippen LogP contribution in [-0.2, 0) is 6.54 Å². The SMILES string of the molecule is NC(=O)c1sc2nc(OCCn3cccn3)nc(-c3cccc(Cl)c3)c2c1N. The van der Waals surface area contributed by atoms with Gasteiger partial charge in [-0.25, -0.2) is 0 Å². The first-order valence-electron chi connectivity index (χ1n) is 8.29. The van der Waals surface area contributed by atoms with Gasteiger partial charge < -0.3 is 16.2 Å². The minimum Gasteiger partial charge on any atom is -0.461 e. The first-order chi connectivity index (χ1) is 13.5. The zero-order valence-corrected chi connectivity index (χ0v) is 16.1. The lowest BCUT2D eigenvalue weighted by Gasteiger charge is -2.09. The number of halogens is 1. The molecule has 1 amide bonds. The average molecular weight is 415 g/mol. The minimum atomic E-state index is -0.612. The summed E-state index contributed by atoms with van der Waals surface area (Å²) in [6.45, 7) is 0.867. The van der Waals surface area contributed by atoms with E-state index < -0.39 is 5.91 Å².